The fourth-order valence-corrected chi connectivity index (χ4v) is 11.3. The maximum Gasteiger partial charge on any atom is 0.0468 e. The normalized spacial score (nSPS) is 14.1. The highest BCUT2D eigenvalue weighted by atomic mass is 15.1. The molecule has 1 aliphatic carbocycles. The summed E-state index contributed by atoms with van der Waals surface area (Å²) in [4.78, 5) is 2.47. The highest BCUT2D eigenvalue weighted by Gasteiger charge is 2.41. The number of rotatable bonds is 7. The molecule has 13 rings (SSSR count). The van der Waals surface area contributed by atoms with E-state index in [-0.39, 0.29) is 5.41 Å². The third-order valence-corrected chi connectivity index (χ3v) is 14.5. The van der Waals surface area contributed by atoms with Gasteiger partial charge in [-0.25, -0.2) is 0 Å². The van der Waals surface area contributed by atoms with E-state index in [0.29, 0.717) is 0 Å². The van der Waals surface area contributed by atoms with Gasteiger partial charge in [-0.2, -0.15) is 0 Å². The van der Waals surface area contributed by atoms with Gasteiger partial charge in [0.25, 0.3) is 0 Å². The summed E-state index contributed by atoms with van der Waals surface area (Å²) < 4.78 is 0. The summed E-state index contributed by atoms with van der Waals surface area (Å²) in [5.74, 6) is 0. The fourth-order valence-electron chi connectivity index (χ4n) is 11.3. The van der Waals surface area contributed by atoms with E-state index in [0.717, 1.165) is 17.1 Å². The second-order valence-electron chi connectivity index (χ2n) is 18.1. The Morgan fingerprint density at radius 2 is 0.791 bits per heavy atom. The van der Waals surface area contributed by atoms with Gasteiger partial charge in [-0.1, -0.05) is 212 Å². The van der Waals surface area contributed by atoms with Crippen LogP contribution in [0.15, 0.2) is 255 Å². The minimum Gasteiger partial charge on any atom is -0.310 e. The molecular weight excluding hydrogens is 807 g/mol. The molecular formula is C66H45N. The zero-order chi connectivity index (χ0) is 44.5. The first-order valence-electron chi connectivity index (χ1n) is 23.3. The van der Waals surface area contributed by atoms with Crippen LogP contribution in [0.4, 0.5) is 17.1 Å². The molecule has 0 aliphatic heterocycles. The van der Waals surface area contributed by atoms with Gasteiger partial charge in [-0.3, -0.25) is 0 Å². The topological polar surface area (TPSA) is 3.24 Å². The van der Waals surface area contributed by atoms with Crippen LogP contribution in [0.1, 0.15) is 23.6 Å². The molecule has 0 aromatic heterocycles. The van der Waals surface area contributed by atoms with Gasteiger partial charge in [-0.15, -0.1) is 0 Å². The molecule has 1 heteroatoms. The second-order valence-corrected chi connectivity index (χ2v) is 18.1. The van der Waals surface area contributed by atoms with Gasteiger partial charge in [0.05, 0.1) is 0 Å². The molecule has 0 saturated heterocycles. The number of nitrogens with zero attached hydrogens (tertiary/aromatic N) is 1. The lowest BCUT2D eigenvalue weighted by atomic mass is 9.74. The van der Waals surface area contributed by atoms with Gasteiger partial charge in [0.2, 0.25) is 0 Å². The molecule has 1 atom stereocenters. The molecule has 1 nitrogen and oxygen atoms in total. The van der Waals surface area contributed by atoms with E-state index < -0.39 is 0 Å². The Balaban J connectivity index is 1.04. The smallest absolute Gasteiger partial charge is 0.0468 e. The Labute approximate surface area is 391 Å². The number of hydrogen-bond donors (Lipinski definition) is 0. The van der Waals surface area contributed by atoms with Crippen LogP contribution in [0.3, 0.4) is 0 Å². The van der Waals surface area contributed by atoms with E-state index in [1.807, 2.05) is 0 Å². The van der Waals surface area contributed by atoms with Crippen LogP contribution in [-0.4, -0.2) is 0 Å². The van der Waals surface area contributed by atoms with Crippen molar-refractivity contribution in [3.63, 3.8) is 0 Å². The average Bonchev–Trinajstić information content (AvgIpc) is 3.66. The first kappa shape index (κ1) is 38.9. The third-order valence-electron chi connectivity index (χ3n) is 14.5. The van der Waals surface area contributed by atoms with Crippen molar-refractivity contribution >= 4 is 60.2 Å². The standard InChI is InChI=1S/C66H45N/c1-66(50-22-9-4-10-23-50)62-28-16-15-26-58(62)59-40-37-53(43-63(59)66)67(51-34-31-44(32-35-51)48-33-38-55-49(41-48)30-29-45-17-11-12-24-54(45)55)52-36-39-57-56-25-13-14-27-60(56)64(46-18-5-2-6-19-46)65(61(57)42-52)47-20-7-3-8-21-47/h2-43H,1H3. The summed E-state index contributed by atoms with van der Waals surface area (Å²) in [5.41, 5.74) is 16.8. The van der Waals surface area contributed by atoms with E-state index in [1.165, 1.54) is 104 Å². The highest BCUT2D eigenvalue weighted by Crippen LogP contribution is 2.54. The molecule has 1 unspecified atom stereocenters. The monoisotopic (exact) mass is 851 g/mol. The van der Waals surface area contributed by atoms with Gasteiger partial charge in [-0.05, 0) is 154 Å². The van der Waals surface area contributed by atoms with Crippen LogP contribution in [0.25, 0.3) is 87.6 Å². The minimum atomic E-state index is -0.340. The van der Waals surface area contributed by atoms with Crippen LogP contribution in [0.5, 0.6) is 0 Å². The third kappa shape index (κ3) is 6.23. The Morgan fingerprint density at radius 3 is 1.55 bits per heavy atom. The van der Waals surface area contributed by atoms with Gasteiger partial charge in [0.1, 0.15) is 0 Å². The largest absolute Gasteiger partial charge is 0.310 e. The van der Waals surface area contributed by atoms with Crippen molar-refractivity contribution in [2.45, 2.75) is 12.3 Å². The van der Waals surface area contributed by atoms with Crippen molar-refractivity contribution in [1.29, 1.82) is 0 Å². The maximum absolute atomic E-state index is 2.47. The molecule has 1 aliphatic rings. The summed E-state index contributed by atoms with van der Waals surface area (Å²) in [6.45, 7) is 2.40. The summed E-state index contributed by atoms with van der Waals surface area (Å²) in [6, 6.07) is 94.3. The molecule has 0 N–H and O–H groups in total. The van der Waals surface area contributed by atoms with E-state index in [9.17, 15) is 0 Å². The van der Waals surface area contributed by atoms with Crippen LogP contribution in [-0.2, 0) is 5.41 Å². The molecule has 0 saturated carbocycles. The van der Waals surface area contributed by atoms with Crippen LogP contribution in [0, 0.1) is 0 Å². The van der Waals surface area contributed by atoms with Crippen molar-refractivity contribution in [3.05, 3.63) is 271 Å². The summed E-state index contributed by atoms with van der Waals surface area (Å²) >= 11 is 0. The SMILES string of the molecule is CC1(c2ccccc2)c2ccccc2-c2ccc(N(c3ccc(-c4ccc5c(ccc6ccccc65)c4)cc3)c3ccc4c(c3)c(-c3ccccc3)c(-c3ccccc3)c3ccccc34)cc21. The highest BCUT2D eigenvalue weighted by molar-refractivity contribution is 6.22. The van der Waals surface area contributed by atoms with Crippen molar-refractivity contribution < 1.29 is 0 Å². The van der Waals surface area contributed by atoms with E-state index >= 15 is 0 Å². The summed E-state index contributed by atoms with van der Waals surface area (Å²) in [6.07, 6.45) is 0. The predicted molar refractivity (Wildman–Crippen MR) is 285 cm³/mol. The van der Waals surface area contributed by atoms with Gasteiger partial charge in [0, 0.05) is 22.5 Å². The maximum atomic E-state index is 2.47. The fraction of sp³-hybridized carbons (Fsp3) is 0.0303. The molecule has 314 valence electrons. The van der Waals surface area contributed by atoms with Crippen molar-refractivity contribution in [3.8, 4) is 44.5 Å². The molecule has 0 radical (unpaired) electrons. The van der Waals surface area contributed by atoms with E-state index in [1.54, 1.807) is 0 Å². The molecule has 0 bridgehead atoms. The molecule has 0 fully saturated rings. The molecule has 12 aromatic rings. The molecule has 12 aromatic carbocycles. The Bertz CT molecular complexity index is 3850. The van der Waals surface area contributed by atoms with Gasteiger partial charge in [0.15, 0.2) is 0 Å². The van der Waals surface area contributed by atoms with Crippen LogP contribution in [0.2, 0.25) is 0 Å². The second kappa shape index (κ2) is 15.6. The van der Waals surface area contributed by atoms with Gasteiger partial charge < -0.3 is 4.90 Å². The quantitative estimate of drug-likeness (QED) is 0.144. The van der Waals surface area contributed by atoms with E-state index in [2.05, 4.69) is 267 Å². The Kier molecular flexibility index (Phi) is 9.05. The molecule has 0 heterocycles. The van der Waals surface area contributed by atoms with Crippen molar-refractivity contribution in [2.24, 2.45) is 0 Å². The zero-order valence-electron chi connectivity index (χ0n) is 37.2. The van der Waals surface area contributed by atoms with Crippen molar-refractivity contribution in [1.82, 2.24) is 0 Å². The molecule has 0 spiro atoms. The average molecular weight is 852 g/mol. The van der Waals surface area contributed by atoms with Crippen molar-refractivity contribution in [2.75, 3.05) is 4.90 Å². The lowest BCUT2D eigenvalue weighted by Crippen LogP contribution is -2.22. The lowest BCUT2D eigenvalue weighted by Gasteiger charge is -2.31. The Hall–Kier alpha value is -8.52. The first-order valence-corrected chi connectivity index (χ1v) is 23.3. The first-order chi connectivity index (χ1) is 33.1. The minimum absolute atomic E-state index is 0.340. The van der Waals surface area contributed by atoms with Crippen LogP contribution >= 0.6 is 0 Å². The molecule has 0 amide bonds. The van der Waals surface area contributed by atoms with Gasteiger partial charge >= 0.3 is 0 Å². The Morgan fingerprint density at radius 1 is 0.284 bits per heavy atom. The lowest BCUT2D eigenvalue weighted by molar-refractivity contribution is 0.714. The predicted octanol–water partition coefficient (Wildman–Crippen LogP) is 18.1. The summed E-state index contributed by atoms with van der Waals surface area (Å²) in [5, 5.41) is 10.0. The number of benzene rings is 12. The van der Waals surface area contributed by atoms with E-state index in [4.69, 9.17) is 0 Å². The molecule has 67 heavy (non-hydrogen) atoms. The number of fused-ring (bicyclic) bond motifs is 9. The zero-order valence-corrected chi connectivity index (χ0v) is 37.2. The summed E-state index contributed by atoms with van der Waals surface area (Å²) in [7, 11) is 0. The number of anilines is 3. The number of hydrogen-bond acceptors (Lipinski definition) is 1. The van der Waals surface area contributed by atoms with Crippen LogP contribution < -0.4 is 4.90 Å².